The second-order valence-electron chi connectivity index (χ2n) is 5.65. The number of piperazine rings is 1. The SMILES string of the molecule is CC(C)N1CCN(Cc2cc([N+](=O)[O-])ccc2NN)CC1. The molecule has 1 aliphatic heterocycles. The highest BCUT2D eigenvalue weighted by Gasteiger charge is 2.20. The van der Waals surface area contributed by atoms with Gasteiger partial charge < -0.3 is 5.43 Å². The van der Waals surface area contributed by atoms with Crippen molar-refractivity contribution in [3.05, 3.63) is 33.9 Å². The van der Waals surface area contributed by atoms with E-state index in [1.165, 1.54) is 6.07 Å². The Kier molecular flexibility index (Phi) is 5.11. The summed E-state index contributed by atoms with van der Waals surface area (Å²) in [5.41, 5.74) is 4.33. The van der Waals surface area contributed by atoms with Crippen LogP contribution in [0.15, 0.2) is 18.2 Å². The lowest BCUT2D eigenvalue weighted by atomic mass is 10.1. The van der Waals surface area contributed by atoms with Gasteiger partial charge in [0.2, 0.25) is 0 Å². The zero-order valence-electron chi connectivity index (χ0n) is 12.6. The number of nitro benzene ring substituents is 1. The Morgan fingerprint density at radius 3 is 2.52 bits per heavy atom. The van der Waals surface area contributed by atoms with Crippen LogP contribution in [-0.2, 0) is 6.54 Å². The average molecular weight is 293 g/mol. The molecule has 7 heteroatoms. The van der Waals surface area contributed by atoms with Crippen molar-refractivity contribution in [1.29, 1.82) is 0 Å². The number of hydrogen-bond donors (Lipinski definition) is 2. The Bertz CT molecular complexity index is 498. The fourth-order valence-electron chi connectivity index (χ4n) is 2.64. The summed E-state index contributed by atoms with van der Waals surface area (Å²) in [5.74, 6) is 5.50. The third-order valence-corrected chi connectivity index (χ3v) is 3.99. The topological polar surface area (TPSA) is 87.7 Å². The molecule has 7 nitrogen and oxygen atoms in total. The van der Waals surface area contributed by atoms with Gasteiger partial charge in [0.25, 0.3) is 5.69 Å². The summed E-state index contributed by atoms with van der Waals surface area (Å²) in [7, 11) is 0. The molecule has 0 aliphatic carbocycles. The smallest absolute Gasteiger partial charge is 0.269 e. The zero-order valence-corrected chi connectivity index (χ0v) is 12.6. The number of nitrogens with zero attached hydrogens (tertiary/aromatic N) is 3. The Morgan fingerprint density at radius 2 is 2.00 bits per heavy atom. The third-order valence-electron chi connectivity index (χ3n) is 3.99. The van der Waals surface area contributed by atoms with Crippen molar-refractivity contribution in [3.8, 4) is 0 Å². The highest BCUT2D eigenvalue weighted by Crippen LogP contribution is 2.23. The molecule has 0 saturated carbocycles. The van der Waals surface area contributed by atoms with Gasteiger partial charge in [-0.25, -0.2) is 0 Å². The van der Waals surface area contributed by atoms with Crippen LogP contribution in [0.4, 0.5) is 11.4 Å². The van der Waals surface area contributed by atoms with Crippen molar-refractivity contribution in [3.63, 3.8) is 0 Å². The van der Waals surface area contributed by atoms with E-state index in [-0.39, 0.29) is 10.6 Å². The molecule has 0 aromatic heterocycles. The van der Waals surface area contributed by atoms with Crippen molar-refractivity contribution in [2.24, 2.45) is 5.84 Å². The number of nitrogens with two attached hydrogens (primary N) is 1. The van der Waals surface area contributed by atoms with Crippen LogP contribution in [0.5, 0.6) is 0 Å². The lowest BCUT2D eigenvalue weighted by molar-refractivity contribution is -0.384. The van der Waals surface area contributed by atoms with Gasteiger partial charge in [-0.3, -0.25) is 25.8 Å². The van der Waals surface area contributed by atoms with E-state index >= 15 is 0 Å². The Hall–Kier alpha value is -1.70. The van der Waals surface area contributed by atoms with Crippen molar-refractivity contribution < 1.29 is 4.92 Å². The van der Waals surface area contributed by atoms with Gasteiger partial charge in [-0.2, -0.15) is 0 Å². The number of hydrogen-bond acceptors (Lipinski definition) is 6. The lowest BCUT2D eigenvalue weighted by Crippen LogP contribution is -2.48. The zero-order chi connectivity index (χ0) is 15.4. The van der Waals surface area contributed by atoms with Gasteiger partial charge in [0.15, 0.2) is 0 Å². The molecule has 0 bridgehead atoms. The largest absolute Gasteiger partial charge is 0.324 e. The molecule has 116 valence electrons. The normalized spacial score (nSPS) is 17.1. The van der Waals surface area contributed by atoms with Gasteiger partial charge in [0, 0.05) is 50.9 Å². The van der Waals surface area contributed by atoms with Gasteiger partial charge in [-0.05, 0) is 25.5 Å². The maximum Gasteiger partial charge on any atom is 0.269 e. The molecule has 2 rings (SSSR count). The summed E-state index contributed by atoms with van der Waals surface area (Å²) < 4.78 is 0. The summed E-state index contributed by atoms with van der Waals surface area (Å²) in [6.07, 6.45) is 0. The van der Waals surface area contributed by atoms with Crippen LogP contribution in [-0.4, -0.2) is 46.9 Å². The van der Waals surface area contributed by atoms with E-state index in [1.807, 2.05) is 0 Å². The molecule has 21 heavy (non-hydrogen) atoms. The van der Waals surface area contributed by atoms with E-state index in [0.29, 0.717) is 12.6 Å². The number of anilines is 1. The fourth-order valence-corrected chi connectivity index (χ4v) is 2.64. The van der Waals surface area contributed by atoms with Gasteiger partial charge in [0.05, 0.1) is 10.6 Å². The first kappa shape index (κ1) is 15.7. The van der Waals surface area contributed by atoms with Crippen molar-refractivity contribution >= 4 is 11.4 Å². The minimum absolute atomic E-state index is 0.102. The Balaban J connectivity index is 2.05. The van der Waals surface area contributed by atoms with E-state index in [1.54, 1.807) is 12.1 Å². The molecule has 1 heterocycles. The van der Waals surface area contributed by atoms with Crippen molar-refractivity contribution in [2.75, 3.05) is 31.6 Å². The van der Waals surface area contributed by atoms with Crippen LogP contribution in [0.1, 0.15) is 19.4 Å². The summed E-state index contributed by atoms with van der Waals surface area (Å²) >= 11 is 0. The van der Waals surface area contributed by atoms with Crippen LogP contribution < -0.4 is 11.3 Å². The predicted molar refractivity (Wildman–Crippen MR) is 82.9 cm³/mol. The summed E-state index contributed by atoms with van der Waals surface area (Å²) in [6, 6.07) is 5.29. The maximum absolute atomic E-state index is 10.9. The molecule has 0 spiro atoms. The highest BCUT2D eigenvalue weighted by atomic mass is 16.6. The number of benzene rings is 1. The highest BCUT2D eigenvalue weighted by molar-refractivity contribution is 5.55. The van der Waals surface area contributed by atoms with Crippen LogP contribution in [0.25, 0.3) is 0 Å². The molecule has 0 amide bonds. The van der Waals surface area contributed by atoms with E-state index < -0.39 is 0 Å². The quantitative estimate of drug-likeness (QED) is 0.485. The van der Waals surface area contributed by atoms with Gasteiger partial charge in [-0.15, -0.1) is 0 Å². The first-order chi connectivity index (χ1) is 10.0. The molecule has 1 fully saturated rings. The van der Waals surface area contributed by atoms with E-state index in [0.717, 1.165) is 37.4 Å². The van der Waals surface area contributed by atoms with Crippen LogP contribution in [0, 0.1) is 10.1 Å². The Labute approximate surface area is 124 Å². The minimum atomic E-state index is -0.375. The number of rotatable bonds is 5. The first-order valence-electron chi connectivity index (χ1n) is 7.21. The monoisotopic (exact) mass is 293 g/mol. The molecule has 1 aliphatic rings. The van der Waals surface area contributed by atoms with Gasteiger partial charge in [-0.1, -0.05) is 0 Å². The molecule has 1 saturated heterocycles. The third kappa shape index (κ3) is 3.90. The Morgan fingerprint density at radius 1 is 1.33 bits per heavy atom. The van der Waals surface area contributed by atoms with E-state index in [9.17, 15) is 10.1 Å². The molecule has 1 aromatic carbocycles. The predicted octanol–water partition coefficient (Wildman–Crippen LogP) is 1.41. The van der Waals surface area contributed by atoms with E-state index in [2.05, 4.69) is 29.1 Å². The van der Waals surface area contributed by atoms with Crippen molar-refractivity contribution in [2.45, 2.75) is 26.4 Å². The molecule has 0 radical (unpaired) electrons. The van der Waals surface area contributed by atoms with Gasteiger partial charge >= 0.3 is 0 Å². The van der Waals surface area contributed by atoms with E-state index in [4.69, 9.17) is 5.84 Å². The standard InChI is InChI=1S/C14H23N5O2/c1-11(2)18-7-5-17(6-8-18)10-12-9-13(19(20)21)3-4-14(12)16-15/h3-4,9,11,16H,5-8,10,15H2,1-2H3. The molecule has 1 aromatic rings. The molecular weight excluding hydrogens is 270 g/mol. The molecule has 0 unspecified atom stereocenters. The van der Waals surface area contributed by atoms with Crippen LogP contribution in [0.3, 0.4) is 0 Å². The fraction of sp³-hybridized carbons (Fsp3) is 0.571. The average Bonchev–Trinajstić information content (AvgIpc) is 2.47. The molecule has 3 N–H and O–H groups in total. The number of hydrazine groups is 1. The molecular formula is C14H23N5O2. The number of nitro groups is 1. The van der Waals surface area contributed by atoms with Crippen molar-refractivity contribution in [1.82, 2.24) is 9.80 Å². The number of nitrogen functional groups attached to an aromatic ring is 1. The summed E-state index contributed by atoms with van der Waals surface area (Å²) in [4.78, 5) is 15.3. The summed E-state index contributed by atoms with van der Waals surface area (Å²) in [6.45, 7) is 9.05. The number of non-ortho nitro benzene ring substituents is 1. The second kappa shape index (κ2) is 6.84. The second-order valence-corrected chi connectivity index (χ2v) is 5.65. The number of nitrogens with one attached hydrogen (secondary N) is 1. The lowest BCUT2D eigenvalue weighted by Gasteiger charge is -2.37. The van der Waals surface area contributed by atoms with Crippen LogP contribution in [0.2, 0.25) is 0 Å². The van der Waals surface area contributed by atoms with Gasteiger partial charge in [0.1, 0.15) is 0 Å². The van der Waals surface area contributed by atoms with Crippen LogP contribution >= 0.6 is 0 Å². The minimum Gasteiger partial charge on any atom is -0.324 e. The summed E-state index contributed by atoms with van der Waals surface area (Å²) in [5, 5.41) is 10.9. The first-order valence-corrected chi connectivity index (χ1v) is 7.21. The molecule has 0 atom stereocenters. The maximum atomic E-state index is 10.9.